The van der Waals surface area contributed by atoms with Crippen LogP contribution in [-0.4, -0.2) is 21.9 Å². The minimum Gasteiger partial charge on any atom is -0.486 e. The van der Waals surface area contributed by atoms with Crippen molar-refractivity contribution < 1.29 is 9.53 Å². The van der Waals surface area contributed by atoms with Crippen LogP contribution in [0.1, 0.15) is 25.8 Å². The van der Waals surface area contributed by atoms with Crippen LogP contribution in [0.5, 0.6) is 5.75 Å². The first-order chi connectivity index (χ1) is 9.94. The number of alkyl halides is 1. The maximum Gasteiger partial charge on any atom is 0.240 e. The van der Waals surface area contributed by atoms with Crippen LogP contribution in [0.15, 0.2) is 23.2 Å². The summed E-state index contributed by atoms with van der Waals surface area (Å²) in [5.74, 6) is 0.527. The summed E-state index contributed by atoms with van der Waals surface area (Å²) in [4.78, 5) is 14.5. The predicted octanol–water partition coefficient (Wildman–Crippen LogP) is 4.24. The van der Waals surface area contributed by atoms with Crippen molar-refractivity contribution in [2.75, 3.05) is 0 Å². The third kappa shape index (κ3) is 3.97. The van der Waals surface area contributed by atoms with Crippen molar-refractivity contribution in [2.24, 2.45) is 4.99 Å². The lowest BCUT2D eigenvalue weighted by Crippen LogP contribution is -2.23. The molecule has 2 aromatic rings. The molecule has 1 heterocycles. The summed E-state index contributed by atoms with van der Waals surface area (Å²) >= 11 is 4.78. The van der Waals surface area contributed by atoms with Gasteiger partial charge in [-0.15, -0.1) is 10.2 Å². The number of benzene rings is 1. The van der Waals surface area contributed by atoms with Gasteiger partial charge in [-0.3, -0.25) is 0 Å². The zero-order valence-corrected chi connectivity index (χ0v) is 14.3. The number of ether oxygens (including phenoxy) is 1. The Morgan fingerprint density at radius 1 is 1.38 bits per heavy atom. The van der Waals surface area contributed by atoms with E-state index < -0.39 is 5.60 Å². The first kappa shape index (κ1) is 15.8. The fraction of sp³-hybridized carbons (Fsp3) is 0.357. The topological polar surface area (TPSA) is 64.4 Å². The number of aromatic nitrogens is 2. The van der Waals surface area contributed by atoms with Crippen LogP contribution in [0.4, 0.5) is 5.69 Å². The van der Waals surface area contributed by atoms with E-state index in [9.17, 15) is 4.79 Å². The second kappa shape index (κ2) is 6.47. The van der Waals surface area contributed by atoms with Crippen LogP contribution in [0.3, 0.4) is 0 Å². The number of hydrogen-bond acceptors (Lipinski definition) is 6. The van der Waals surface area contributed by atoms with Crippen LogP contribution in [0, 0.1) is 0 Å². The molecule has 1 aromatic heterocycles. The summed E-state index contributed by atoms with van der Waals surface area (Å²) in [7, 11) is 0. The quantitative estimate of drug-likeness (QED) is 0.460. The third-order valence-electron chi connectivity index (χ3n) is 2.38. The fourth-order valence-corrected chi connectivity index (χ4v) is 2.86. The summed E-state index contributed by atoms with van der Waals surface area (Å²) in [5, 5.41) is 10.4. The average Bonchev–Trinajstić information content (AvgIpc) is 2.88. The van der Waals surface area contributed by atoms with Gasteiger partial charge in [0, 0.05) is 5.56 Å². The number of nitrogens with zero attached hydrogens (tertiary/aromatic N) is 3. The highest BCUT2D eigenvalue weighted by atomic mass is 79.9. The molecule has 0 unspecified atom stereocenters. The van der Waals surface area contributed by atoms with Crippen molar-refractivity contribution in [3.05, 3.63) is 23.2 Å². The maximum atomic E-state index is 10.7. The van der Waals surface area contributed by atoms with Gasteiger partial charge in [0.1, 0.15) is 27.1 Å². The summed E-state index contributed by atoms with van der Waals surface area (Å²) in [6.45, 7) is 5.80. The lowest BCUT2D eigenvalue weighted by Gasteiger charge is -2.22. The molecule has 110 valence electrons. The van der Waals surface area contributed by atoms with E-state index in [1.165, 1.54) is 11.3 Å². The average molecular weight is 368 g/mol. The van der Waals surface area contributed by atoms with Gasteiger partial charge in [0.05, 0.1) is 5.33 Å². The van der Waals surface area contributed by atoms with E-state index in [1.54, 1.807) is 12.1 Å². The van der Waals surface area contributed by atoms with Gasteiger partial charge in [0.25, 0.3) is 0 Å². The van der Waals surface area contributed by atoms with Gasteiger partial charge in [0.2, 0.25) is 6.08 Å². The number of hydrogen-bond donors (Lipinski definition) is 0. The highest BCUT2D eigenvalue weighted by Gasteiger charge is 2.19. The molecule has 0 saturated carbocycles. The molecule has 5 nitrogen and oxygen atoms in total. The molecule has 21 heavy (non-hydrogen) atoms. The van der Waals surface area contributed by atoms with E-state index in [2.05, 4.69) is 31.1 Å². The van der Waals surface area contributed by atoms with Crippen molar-refractivity contribution in [2.45, 2.75) is 31.7 Å². The molecule has 1 aromatic carbocycles. The Labute approximate surface area is 135 Å². The standard InChI is InChI=1S/C14H14BrN3O2S/c1-14(2,3)20-10-6-4-5-9(12(10)16-8-19)13-18-17-11(7-15)21-13/h4-6H,7H2,1-3H3. The molecule has 0 atom stereocenters. The highest BCUT2D eigenvalue weighted by Crippen LogP contribution is 2.40. The number of carbonyl (C=O) groups excluding carboxylic acids is 1. The van der Waals surface area contributed by atoms with Gasteiger partial charge >= 0.3 is 0 Å². The summed E-state index contributed by atoms with van der Waals surface area (Å²) in [6, 6.07) is 5.46. The molecule has 2 rings (SSSR count). The van der Waals surface area contributed by atoms with E-state index >= 15 is 0 Å². The first-order valence-corrected chi connectivity index (χ1v) is 8.17. The summed E-state index contributed by atoms with van der Waals surface area (Å²) in [5.41, 5.74) is 0.748. The molecule has 0 aliphatic rings. The van der Waals surface area contributed by atoms with Crippen molar-refractivity contribution in [3.63, 3.8) is 0 Å². The van der Waals surface area contributed by atoms with Gasteiger partial charge in [-0.1, -0.05) is 33.3 Å². The van der Waals surface area contributed by atoms with E-state index in [-0.39, 0.29) is 0 Å². The largest absolute Gasteiger partial charge is 0.486 e. The Morgan fingerprint density at radius 3 is 2.71 bits per heavy atom. The van der Waals surface area contributed by atoms with Crippen molar-refractivity contribution in [1.29, 1.82) is 0 Å². The maximum absolute atomic E-state index is 10.7. The van der Waals surface area contributed by atoms with Crippen LogP contribution in [0.25, 0.3) is 10.6 Å². The van der Waals surface area contributed by atoms with E-state index in [0.717, 1.165) is 5.01 Å². The first-order valence-electron chi connectivity index (χ1n) is 6.23. The van der Waals surface area contributed by atoms with Gasteiger partial charge in [-0.25, -0.2) is 4.79 Å². The summed E-state index contributed by atoms with van der Waals surface area (Å²) in [6.07, 6.45) is 1.58. The molecule has 0 spiro atoms. The highest BCUT2D eigenvalue weighted by molar-refractivity contribution is 9.08. The van der Waals surface area contributed by atoms with E-state index in [1.807, 2.05) is 32.9 Å². The number of halogens is 1. The zero-order valence-electron chi connectivity index (χ0n) is 11.9. The lowest BCUT2D eigenvalue weighted by atomic mass is 10.1. The fourth-order valence-electron chi connectivity index (χ4n) is 1.68. The number of aliphatic imine (C=N–C) groups is 1. The predicted molar refractivity (Wildman–Crippen MR) is 86.1 cm³/mol. The second-order valence-corrected chi connectivity index (χ2v) is 6.83. The molecule has 0 aliphatic heterocycles. The Bertz CT molecular complexity index is 688. The molecule has 7 heteroatoms. The van der Waals surface area contributed by atoms with Gasteiger partial charge in [-0.05, 0) is 32.9 Å². The minimum atomic E-state index is -0.395. The zero-order chi connectivity index (χ0) is 15.5. The number of isocyanates is 1. The monoisotopic (exact) mass is 367 g/mol. The van der Waals surface area contributed by atoms with Crippen molar-refractivity contribution >= 4 is 39.0 Å². The molecule has 0 saturated heterocycles. The Balaban J connectivity index is 2.55. The molecule has 0 N–H and O–H groups in total. The normalized spacial score (nSPS) is 11.0. The molecule has 0 radical (unpaired) electrons. The number of para-hydroxylation sites is 1. The van der Waals surface area contributed by atoms with Gasteiger partial charge in [0.15, 0.2) is 0 Å². The Hall–Kier alpha value is -1.56. The van der Waals surface area contributed by atoms with Crippen molar-refractivity contribution in [1.82, 2.24) is 10.2 Å². The van der Waals surface area contributed by atoms with Crippen LogP contribution < -0.4 is 4.74 Å². The van der Waals surface area contributed by atoms with Gasteiger partial charge < -0.3 is 4.74 Å². The molecular weight excluding hydrogens is 354 g/mol. The molecular formula is C14H14BrN3O2S. The van der Waals surface area contributed by atoms with E-state index in [4.69, 9.17) is 4.74 Å². The smallest absolute Gasteiger partial charge is 0.240 e. The van der Waals surface area contributed by atoms with Crippen LogP contribution in [0.2, 0.25) is 0 Å². The van der Waals surface area contributed by atoms with E-state index in [0.29, 0.717) is 27.3 Å². The molecule has 0 bridgehead atoms. The second-order valence-electron chi connectivity index (χ2n) is 5.20. The summed E-state index contributed by atoms with van der Waals surface area (Å²) < 4.78 is 5.86. The molecule has 0 fully saturated rings. The van der Waals surface area contributed by atoms with Crippen LogP contribution >= 0.6 is 27.3 Å². The van der Waals surface area contributed by atoms with Crippen LogP contribution in [-0.2, 0) is 10.1 Å². The van der Waals surface area contributed by atoms with Crippen molar-refractivity contribution in [3.8, 4) is 16.3 Å². The minimum absolute atomic E-state index is 0.395. The number of rotatable bonds is 4. The lowest BCUT2D eigenvalue weighted by molar-refractivity contribution is 0.132. The van der Waals surface area contributed by atoms with Gasteiger partial charge in [-0.2, -0.15) is 4.99 Å². The molecule has 0 aliphatic carbocycles. The third-order valence-corrected chi connectivity index (χ3v) is 4.24. The molecule has 0 amide bonds. The Kier molecular flexibility index (Phi) is 4.88. The SMILES string of the molecule is CC(C)(C)Oc1cccc(-c2nnc(CBr)s2)c1N=C=O. The Morgan fingerprint density at radius 2 is 2.14 bits per heavy atom.